The Kier molecular flexibility index (Phi) is 6.18. The normalized spacial score (nSPS) is 15.5. The molecule has 1 aliphatic carbocycles. The summed E-state index contributed by atoms with van der Waals surface area (Å²) >= 11 is 0. The van der Waals surface area contributed by atoms with Crippen LogP contribution < -0.4 is 10.9 Å². The summed E-state index contributed by atoms with van der Waals surface area (Å²) in [7, 11) is 0. The molecule has 2 heterocycles. The largest absolute Gasteiger partial charge is 0.381 e. The number of pyridine rings is 1. The fourth-order valence-corrected chi connectivity index (χ4v) is 3.84. The van der Waals surface area contributed by atoms with Crippen LogP contribution in [0.3, 0.4) is 0 Å². The Morgan fingerprint density at radius 2 is 1.97 bits per heavy atom. The van der Waals surface area contributed by atoms with Crippen LogP contribution in [0.5, 0.6) is 0 Å². The average molecular weight is 427 g/mol. The summed E-state index contributed by atoms with van der Waals surface area (Å²) in [6, 6.07) is 5.66. The van der Waals surface area contributed by atoms with E-state index in [1.807, 2.05) is 6.92 Å². The van der Waals surface area contributed by atoms with E-state index in [1.54, 1.807) is 11.1 Å². The smallest absolute Gasteiger partial charge is 0.268 e. The van der Waals surface area contributed by atoms with Gasteiger partial charge in [0.1, 0.15) is 11.4 Å². The van der Waals surface area contributed by atoms with Crippen molar-refractivity contribution in [1.29, 1.82) is 0 Å². The van der Waals surface area contributed by atoms with Gasteiger partial charge in [0.25, 0.3) is 11.5 Å². The zero-order valence-corrected chi connectivity index (χ0v) is 17.5. The summed E-state index contributed by atoms with van der Waals surface area (Å²) in [5.41, 5.74) is 1.60. The van der Waals surface area contributed by atoms with Crippen LogP contribution in [0.1, 0.15) is 47.7 Å². The molecule has 0 bridgehead atoms. The van der Waals surface area contributed by atoms with Gasteiger partial charge >= 0.3 is 0 Å². The minimum Gasteiger partial charge on any atom is -0.381 e. The molecule has 4 rings (SSSR count). The second-order valence-corrected chi connectivity index (χ2v) is 7.92. The average Bonchev–Trinajstić information content (AvgIpc) is 3.57. The van der Waals surface area contributed by atoms with E-state index in [9.17, 15) is 18.8 Å². The van der Waals surface area contributed by atoms with Gasteiger partial charge in [-0.25, -0.2) is 4.39 Å². The maximum Gasteiger partial charge on any atom is 0.268 e. The standard InChI is InChI=1S/C23H26FN3O4/c1-2-31-12-10-20(28)26-11-9-19-15(13-26)14-27(18-7-3-16(24)4-8-18)23(30)21(19)22(29)25-17-5-6-17/h3-4,7-8,14,17H,2,5-6,9-13H2,1H3,(H,25,29). The minimum atomic E-state index is -0.431. The third kappa shape index (κ3) is 4.69. The molecule has 2 aromatic rings. The van der Waals surface area contributed by atoms with Gasteiger partial charge in [-0.2, -0.15) is 0 Å². The van der Waals surface area contributed by atoms with Crippen LogP contribution in [-0.4, -0.2) is 47.1 Å². The first-order valence-corrected chi connectivity index (χ1v) is 10.7. The molecule has 8 heteroatoms. The lowest BCUT2D eigenvalue weighted by molar-refractivity contribution is -0.133. The van der Waals surface area contributed by atoms with E-state index in [1.165, 1.54) is 28.8 Å². The Hall–Kier alpha value is -3.00. The highest BCUT2D eigenvalue weighted by Gasteiger charge is 2.31. The quantitative estimate of drug-likeness (QED) is 0.687. The summed E-state index contributed by atoms with van der Waals surface area (Å²) in [5, 5.41) is 2.91. The molecule has 1 aliphatic heterocycles. The summed E-state index contributed by atoms with van der Waals surface area (Å²) in [6.45, 7) is 3.56. The molecule has 0 atom stereocenters. The highest BCUT2D eigenvalue weighted by Crippen LogP contribution is 2.24. The lowest BCUT2D eigenvalue weighted by Crippen LogP contribution is -2.41. The van der Waals surface area contributed by atoms with Crippen LogP contribution in [0.2, 0.25) is 0 Å². The van der Waals surface area contributed by atoms with Gasteiger partial charge < -0.3 is 15.0 Å². The number of carbonyl (C=O) groups excluding carboxylic acids is 2. The first kappa shape index (κ1) is 21.2. The predicted octanol–water partition coefficient (Wildman–Crippen LogP) is 2.18. The molecule has 1 fully saturated rings. The second kappa shape index (κ2) is 9.01. The molecular weight excluding hydrogens is 401 g/mol. The molecule has 0 radical (unpaired) electrons. The Bertz CT molecular complexity index is 1040. The minimum absolute atomic E-state index is 0.0254. The number of rotatable bonds is 7. The molecule has 0 spiro atoms. The van der Waals surface area contributed by atoms with Gasteiger partial charge in [-0.05, 0) is 61.6 Å². The fourth-order valence-electron chi connectivity index (χ4n) is 3.84. The number of carbonyl (C=O) groups is 2. The van der Waals surface area contributed by atoms with Crippen molar-refractivity contribution in [3.63, 3.8) is 0 Å². The predicted molar refractivity (Wildman–Crippen MR) is 113 cm³/mol. The molecule has 31 heavy (non-hydrogen) atoms. The van der Waals surface area contributed by atoms with Gasteiger partial charge in [-0.3, -0.25) is 19.0 Å². The molecule has 0 saturated heterocycles. The van der Waals surface area contributed by atoms with Crippen LogP contribution >= 0.6 is 0 Å². The molecule has 0 unspecified atom stereocenters. The number of amides is 2. The first-order chi connectivity index (χ1) is 15.0. The molecule has 1 aromatic carbocycles. The van der Waals surface area contributed by atoms with Crippen molar-refractivity contribution in [2.75, 3.05) is 19.8 Å². The fraction of sp³-hybridized carbons (Fsp3) is 0.435. The third-order valence-electron chi connectivity index (χ3n) is 5.66. The van der Waals surface area contributed by atoms with Crippen LogP contribution in [0.25, 0.3) is 5.69 Å². The molecule has 164 valence electrons. The topological polar surface area (TPSA) is 80.6 Å². The number of fused-ring (bicyclic) bond motifs is 1. The SMILES string of the molecule is CCOCCC(=O)N1CCc2c(cn(-c3ccc(F)cc3)c(=O)c2C(=O)NC2CC2)C1. The van der Waals surface area contributed by atoms with Gasteiger partial charge in [-0.15, -0.1) is 0 Å². The maximum absolute atomic E-state index is 13.4. The highest BCUT2D eigenvalue weighted by atomic mass is 19.1. The molecule has 1 aromatic heterocycles. The monoisotopic (exact) mass is 427 g/mol. The number of nitrogens with zero attached hydrogens (tertiary/aromatic N) is 2. The van der Waals surface area contributed by atoms with E-state index in [0.29, 0.717) is 44.0 Å². The Morgan fingerprint density at radius 3 is 2.65 bits per heavy atom. The van der Waals surface area contributed by atoms with E-state index in [4.69, 9.17) is 4.74 Å². The van der Waals surface area contributed by atoms with Crippen molar-refractivity contribution in [3.8, 4) is 5.69 Å². The Balaban J connectivity index is 1.70. The molecule has 1 saturated carbocycles. The van der Waals surface area contributed by atoms with E-state index in [0.717, 1.165) is 18.4 Å². The van der Waals surface area contributed by atoms with Crippen molar-refractivity contribution in [2.24, 2.45) is 0 Å². The number of benzene rings is 1. The summed E-state index contributed by atoms with van der Waals surface area (Å²) in [6.07, 6.45) is 4.21. The van der Waals surface area contributed by atoms with E-state index in [-0.39, 0.29) is 29.8 Å². The molecule has 2 aliphatic rings. The van der Waals surface area contributed by atoms with Crippen molar-refractivity contribution in [3.05, 3.63) is 63.3 Å². The van der Waals surface area contributed by atoms with Crippen LogP contribution in [0, 0.1) is 5.82 Å². The van der Waals surface area contributed by atoms with Crippen molar-refractivity contribution in [1.82, 2.24) is 14.8 Å². The van der Waals surface area contributed by atoms with Gasteiger partial charge in [0.15, 0.2) is 0 Å². The number of hydrogen-bond donors (Lipinski definition) is 1. The van der Waals surface area contributed by atoms with Gasteiger partial charge in [0, 0.05) is 37.6 Å². The van der Waals surface area contributed by atoms with Crippen molar-refractivity contribution >= 4 is 11.8 Å². The number of aromatic nitrogens is 1. The second-order valence-electron chi connectivity index (χ2n) is 7.92. The molecular formula is C23H26FN3O4. The van der Waals surface area contributed by atoms with Gasteiger partial charge in [-0.1, -0.05) is 0 Å². The number of halogens is 1. The van der Waals surface area contributed by atoms with Crippen LogP contribution in [0.4, 0.5) is 4.39 Å². The van der Waals surface area contributed by atoms with Crippen molar-refractivity contribution in [2.45, 2.75) is 45.2 Å². The summed E-state index contributed by atoms with van der Waals surface area (Å²) in [4.78, 5) is 40.5. The third-order valence-corrected chi connectivity index (χ3v) is 5.66. The zero-order valence-electron chi connectivity index (χ0n) is 17.5. The summed E-state index contributed by atoms with van der Waals surface area (Å²) < 4.78 is 20.0. The maximum atomic E-state index is 13.4. The Morgan fingerprint density at radius 1 is 1.23 bits per heavy atom. The zero-order chi connectivity index (χ0) is 22.0. The van der Waals surface area contributed by atoms with E-state index >= 15 is 0 Å². The number of hydrogen-bond acceptors (Lipinski definition) is 4. The van der Waals surface area contributed by atoms with E-state index < -0.39 is 11.4 Å². The van der Waals surface area contributed by atoms with Crippen LogP contribution in [0.15, 0.2) is 35.3 Å². The molecule has 2 amide bonds. The number of nitrogens with one attached hydrogen (secondary N) is 1. The molecule has 1 N–H and O–H groups in total. The lowest BCUT2D eigenvalue weighted by Gasteiger charge is -2.30. The summed E-state index contributed by atoms with van der Waals surface area (Å²) in [5.74, 6) is -0.813. The van der Waals surface area contributed by atoms with Gasteiger partial charge in [0.2, 0.25) is 5.91 Å². The highest BCUT2D eigenvalue weighted by molar-refractivity contribution is 5.96. The lowest BCUT2D eigenvalue weighted by atomic mass is 9.95. The van der Waals surface area contributed by atoms with Crippen molar-refractivity contribution < 1.29 is 18.7 Å². The number of ether oxygens (including phenoxy) is 1. The Labute approximate surface area is 179 Å². The van der Waals surface area contributed by atoms with Gasteiger partial charge in [0.05, 0.1) is 13.0 Å². The molecule has 7 nitrogen and oxygen atoms in total. The van der Waals surface area contributed by atoms with E-state index in [2.05, 4.69) is 5.32 Å². The van der Waals surface area contributed by atoms with Crippen LogP contribution in [-0.2, 0) is 22.5 Å². The first-order valence-electron chi connectivity index (χ1n) is 10.7.